The van der Waals surface area contributed by atoms with Gasteiger partial charge in [-0.1, -0.05) is 0 Å². The third-order valence-electron chi connectivity index (χ3n) is 0. The zero-order chi connectivity index (χ0) is 4.00. The van der Waals surface area contributed by atoms with E-state index in [0.717, 1.165) is 0 Å². The molecule has 0 aromatic rings. The molecule has 3 nitrogen and oxygen atoms in total. The Labute approximate surface area is 128 Å². The second-order valence-electron chi connectivity index (χ2n) is 0. The molecule has 0 amide bonds. The quantitative estimate of drug-likeness (QED) is 0.253. The predicted octanol–water partition coefficient (Wildman–Crippen LogP) is -6.62. The molecule has 0 aliphatic rings. The van der Waals surface area contributed by atoms with Crippen LogP contribution in [0.2, 0.25) is 0 Å². The fourth-order valence-corrected chi connectivity index (χ4v) is 0. The van der Waals surface area contributed by atoms with Crippen LogP contribution in [0.25, 0.3) is 0 Å². The molecule has 0 radical (unpaired) electrons. The van der Waals surface area contributed by atoms with Crippen LogP contribution in [-0.4, -0.2) is 5.48 Å². The molecule has 0 atom stereocenters. The Morgan fingerprint density at radius 1 is 0.714 bits per heavy atom. The van der Waals surface area contributed by atoms with Crippen molar-refractivity contribution in [2.75, 3.05) is 0 Å². The van der Waals surface area contributed by atoms with Crippen molar-refractivity contribution in [3.63, 3.8) is 0 Å². The minimum Gasteiger partial charge on any atom is -0.512 e. The van der Waals surface area contributed by atoms with Crippen molar-refractivity contribution in [3.05, 3.63) is 13.1 Å². The van der Waals surface area contributed by atoms with Crippen molar-refractivity contribution >= 4 is 0 Å². The minimum atomic E-state index is 0. The number of hydrogen-bond donors (Lipinski definition) is 0. The summed E-state index contributed by atoms with van der Waals surface area (Å²) in [7, 11) is 0. The van der Waals surface area contributed by atoms with Gasteiger partial charge in [0, 0.05) is 0 Å². The first-order chi connectivity index (χ1) is 2.00. The molecule has 7 heavy (non-hydrogen) atoms. The van der Waals surface area contributed by atoms with E-state index in [4.69, 9.17) is 23.7 Å². The zero-order valence-corrected chi connectivity index (χ0v) is 10.6. The Morgan fingerprint density at radius 2 is 0.714 bits per heavy atom. The van der Waals surface area contributed by atoms with E-state index in [-0.39, 0.29) is 108 Å². The molecule has 0 saturated carbocycles. The summed E-state index contributed by atoms with van der Waals surface area (Å²) in [5.74, 6) is 0. The van der Waals surface area contributed by atoms with Gasteiger partial charge in [0.25, 0.3) is 0 Å². The molecule has 0 aromatic heterocycles. The first-order valence-corrected chi connectivity index (χ1v) is 0.447. The van der Waals surface area contributed by atoms with Crippen LogP contribution in [0, 0.1) is 23.7 Å². The maximum atomic E-state index is 6.25. The van der Waals surface area contributed by atoms with Gasteiger partial charge < -0.3 is 29.1 Å². The molecule has 0 rings (SSSR count). The molecule has 2 N–H and O–H groups in total. The van der Waals surface area contributed by atoms with Crippen molar-refractivity contribution in [2.45, 2.75) is 0 Å². The Hall–Kier alpha value is 2.21. The van der Waals surface area contributed by atoms with Gasteiger partial charge in [-0.05, 0) is 0 Å². The molecule has 0 bridgehead atoms. The van der Waals surface area contributed by atoms with Crippen molar-refractivity contribution in [2.24, 2.45) is 0 Å². The molecule has 28 valence electrons. The van der Waals surface area contributed by atoms with E-state index in [1.54, 1.807) is 0 Å². The van der Waals surface area contributed by atoms with Crippen LogP contribution in [0.3, 0.4) is 0 Å². The number of rotatable bonds is 0. The normalized spacial score (nSPS) is 0.571. The summed E-state index contributed by atoms with van der Waals surface area (Å²) in [6.07, 6.45) is 0. The predicted molar refractivity (Wildman–Crippen MR) is 13.5 cm³/mol. The molecule has 0 aliphatic heterocycles. The van der Waals surface area contributed by atoms with Crippen molar-refractivity contribution in [1.29, 1.82) is 10.5 Å². The van der Waals surface area contributed by atoms with Gasteiger partial charge in [-0.25, -0.2) is 0 Å². The number of nitrogens with zero attached hydrogens (tertiary/aromatic N) is 2. The summed E-state index contributed by atoms with van der Waals surface area (Å²) >= 11 is 0. The third kappa shape index (κ3) is 64.7. The van der Waals surface area contributed by atoms with Crippen molar-refractivity contribution in [1.82, 2.24) is 0 Å². The average molecular weight is 148 g/mol. The average Bonchev–Trinajstić information content (AvgIpc) is 1.50. The molecule has 0 saturated heterocycles. The van der Waals surface area contributed by atoms with E-state index in [1.807, 2.05) is 0 Å². The maximum absolute atomic E-state index is 6.25. The fourth-order valence-electron chi connectivity index (χ4n) is 0. The molecular formula is C2H2K2N2O. The van der Waals surface area contributed by atoms with E-state index < -0.39 is 0 Å². The van der Waals surface area contributed by atoms with Gasteiger partial charge in [-0.2, -0.15) is 0 Å². The molecule has 0 heterocycles. The molecule has 0 unspecified atom stereocenters. The second-order valence-corrected chi connectivity index (χ2v) is 0. The van der Waals surface area contributed by atoms with Crippen molar-refractivity contribution < 1.29 is 108 Å². The van der Waals surface area contributed by atoms with Gasteiger partial charge in [-0.3, -0.25) is 0 Å². The van der Waals surface area contributed by atoms with Crippen LogP contribution >= 0.6 is 0 Å². The molecule has 0 fully saturated rings. The largest absolute Gasteiger partial charge is 1.00 e. The Bertz CT molecular complexity index is 29.2. The summed E-state index contributed by atoms with van der Waals surface area (Å²) in [4.78, 5) is 0. The van der Waals surface area contributed by atoms with Gasteiger partial charge in [0.05, 0.1) is 0 Å². The monoisotopic (exact) mass is 148 g/mol. The first kappa shape index (κ1) is 35.0. The molecule has 5 heteroatoms. The van der Waals surface area contributed by atoms with E-state index in [9.17, 15) is 0 Å². The van der Waals surface area contributed by atoms with Crippen LogP contribution in [0.5, 0.6) is 0 Å². The van der Waals surface area contributed by atoms with Crippen LogP contribution in [-0.2, 0) is 0 Å². The van der Waals surface area contributed by atoms with Crippen LogP contribution in [0.4, 0.5) is 0 Å². The Kier molecular flexibility index (Phi) is 436. The Morgan fingerprint density at radius 3 is 0.714 bits per heavy atom. The summed E-state index contributed by atoms with van der Waals surface area (Å²) in [5, 5.41) is 12.5. The van der Waals surface area contributed by atoms with E-state index in [1.165, 1.54) is 0 Å². The van der Waals surface area contributed by atoms with Crippen LogP contribution in [0.15, 0.2) is 0 Å². The molecule has 0 aromatic carbocycles. The van der Waals surface area contributed by atoms with E-state index in [0.29, 0.717) is 0 Å². The van der Waals surface area contributed by atoms with Gasteiger partial charge in [0.15, 0.2) is 0 Å². The summed E-state index contributed by atoms with van der Waals surface area (Å²) < 4.78 is 0. The second kappa shape index (κ2) is 87.3. The smallest absolute Gasteiger partial charge is 0.512 e. The van der Waals surface area contributed by atoms with E-state index >= 15 is 0 Å². The standard InChI is InChI=1S/2CN.2K.H2O/c2*1-2;;;/h;;;;1H2/q2*-1;2*+1;. The van der Waals surface area contributed by atoms with E-state index in [2.05, 4.69) is 0 Å². The number of hydrogen-bond acceptors (Lipinski definition) is 2. The summed E-state index contributed by atoms with van der Waals surface area (Å²) in [5.41, 5.74) is 0. The SMILES string of the molecule is O.[C-]#N.[C-]#N.[K+].[K+]. The van der Waals surface area contributed by atoms with Gasteiger partial charge in [0.2, 0.25) is 0 Å². The fraction of sp³-hybridized carbons (Fsp3) is 0. The third-order valence-corrected chi connectivity index (χ3v) is 0. The summed E-state index contributed by atoms with van der Waals surface area (Å²) in [6.45, 7) is 9.50. The van der Waals surface area contributed by atoms with Gasteiger partial charge in [0.1, 0.15) is 0 Å². The first-order valence-electron chi connectivity index (χ1n) is 0.447. The van der Waals surface area contributed by atoms with Crippen LogP contribution in [0.1, 0.15) is 0 Å². The zero-order valence-electron chi connectivity index (χ0n) is 4.39. The van der Waals surface area contributed by atoms with Crippen LogP contribution < -0.4 is 103 Å². The molecule has 0 spiro atoms. The minimum absolute atomic E-state index is 0. The van der Waals surface area contributed by atoms with Crippen molar-refractivity contribution in [3.8, 4) is 0 Å². The topological polar surface area (TPSA) is 79.1 Å². The van der Waals surface area contributed by atoms with Gasteiger partial charge >= 0.3 is 103 Å². The molecule has 0 aliphatic carbocycles. The van der Waals surface area contributed by atoms with Gasteiger partial charge in [-0.15, -0.1) is 0 Å². The molecular weight excluding hydrogens is 146 g/mol. The summed E-state index contributed by atoms with van der Waals surface area (Å²) in [6, 6.07) is 0. The maximum Gasteiger partial charge on any atom is 1.00 e. The Balaban J connectivity index is -0.00000000267.